The van der Waals surface area contributed by atoms with E-state index in [1.807, 2.05) is 13.8 Å². The smallest absolute Gasteiger partial charge is 0.378 e. The zero-order valence-corrected chi connectivity index (χ0v) is 66.5. The van der Waals surface area contributed by atoms with Crippen LogP contribution in [0.5, 0.6) is 0 Å². The number of hydrogen-bond acceptors (Lipinski definition) is 14. The summed E-state index contributed by atoms with van der Waals surface area (Å²) in [6.45, 7) is 9.70. The third kappa shape index (κ3) is 21.0. The molecule has 616 valence electrons. The van der Waals surface area contributed by atoms with Gasteiger partial charge in [-0.25, -0.2) is 0 Å². The molecule has 109 heavy (non-hydrogen) atoms. The maximum atomic E-state index is 15.7. The number of nitrogens with zero attached hydrogens (tertiary/aromatic N) is 9. The molecule has 0 aromatic carbocycles. The third-order valence-electron chi connectivity index (χ3n) is 25.5. The van der Waals surface area contributed by atoms with Gasteiger partial charge in [0.1, 0.15) is 53.9 Å². The maximum Gasteiger partial charge on any atom is 0.393 e. The maximum absolute atomic E-state index is 15.7. The molecule has 3 unspecified atom stereocenters. The molecule has 12 amide bonds. The number of nitrogens with one attached hydrogen (secondary N) is 3. The number of hydrogen-bond donors (Lipinski definition) is 3. The summed E-state index contributed by atoms with van der Waals surface area (Å²) in [7, 11) is 8.26. The first-order valence-corrected chi connectivity index (χ1v) is 40.0. The second kappa shape index (κ2) is 37.8. The molecule has 3 N–H and O–H groups in total. The topological polar surface area (TPSA) is 289 Å². The number of morpholine rings is 1. The second-order valence-corrected chi connectivity index (χ2v) is 33.3. The Morgan fingerprint density at radius 1 is 0.624 bits per heavy atom. The van der Waals surface area contributed by atoms with E-state index < -0.39 is 204 Å². The molecule has 0 aromatic rings. The SMILES string of the molecule is CCO[C@@H]1C[C@H]2C(=O)NC3(CCC3)C(=O)N(C)[C@@H](C3CCCC3)C(=O)N(C)[C@H](C(=O)N3CCOCC3)CC(=O)N(C)[C@@H](CC)C(=O)N[C@@H]([C@@H](C)CC)C(=O)N(C)CC(=O)N(C)[C@H]3C[C@@H](C)[C@@H](C)CN(C3=O)[C@@H](CC3CCC(C(F)(F)F)CC3)C(=O)N(C)CC(=O)N[C@@H](CCC3CCC(C(F)(F)F)C(Cl)C3)C(=O)N2C1. The monoisotopic (exact) mass is 1570 g/mol. The van der Waals surface area contributed by atoms with Gasteiger partial charge in [0.15, 0.2) is 0 Å². The van der Waals surface area contributed by atoms with Crippen molar-refractivity contribution in [1.82, 2.24) is 60.0 Å². The molecule has 2 bridgehead atoms. The van der Waals surface area contributed by atoms with Gasteiger partial charge >= 0.3 is 12.4 Å². The molecular weight excluding hydrogens is 1450 g/mol. The van der Waals surface area contributed by atoms with Crippen LogP contribution in [0.2, 0.25) is 0 Å². The summed E-state index contributed by atoms with van der Waals surface area (Å²) in [6, 6.07) is -10.8. The minimum atomic E-state index is -4.57. The lowest BCUT2D eigenvalue weighted by atomic mass is 9.74. The summed E-state index contributed by atoms with van der Waals surface area (Å²) in [5, 5.41) is 7.34. The summed E-state index contributed by atoms with van der Waals surface area (Å²) >= 11 is 6.44. The van der Waals surface area contributed by atoms with Crippen LogP contribution in [-0.2, 0) is 67.0 Å². The predicted octanol–water partition coefficient (Wildman–Crippen LogP) is 6.13. The average molecular weight is 1570 g/mol. The Hall–Kier alpha value is -6.57. The molecule has 0 radical (unpaired) electrons. The van der Waals surface area contributed by atoms with Gasteiger partial charge in [-0.1, -0.05) is 53.9 Å². The van der Waals surface area contributed by atoms with Gasteiger partial charge in [-0.3, -0.25) is 57.5 Å². The van der Waals surface area contributed by atoms with Crippen LogP contribution in [0.3, 0.4) is 0 Å². The molecule has 8 aliphatic rings. The third-order valence-corrected chi connectivity index (χ3v) is 26.0. The van der Waals surface area contributed by atoms with Crippen LogP contribution in [0.4, 0.5) is 26.3 Å². The molecule has 4 saturated carbocycles. The van der Waals surface area contributed by atoms with Crippen LogP contribution in [0.1, 0.15) is 183 Å². The number of rotatable bonds is 12. The van der Waals surface area contributed by atoms with E-state index in [4.69, 9.17) is 21.1 Å². The van der Waals surface area contributed by atoms with E-state index in [9.17, 15) is 55.1 Å². The average Bonchev–Trinajstić information content (AvgIpc) is 1.57. The molecular formula is C76H119ClF6N12O14. The van der Waals surface area contributed by atoms with E-state index in [1.165, 1.54) is 71.7 Å². The largest absolute Gasteiger partial charge is 0.393 e. The zero-order valence-electron chi connectivity index (χ0n) is 65.7. The molecule has 26 nitrogen and oxygen atoms in total. The first-order valence-electron chi connectivity index (χ1n) is 39.6. The van der Waals surface area contributed by atoms with Crippen molar-refractivity contribution in [2.45, 2.75) is 261 Å². The number of likely N-dealkylation sites (N-methyl/N-ethyl adjacent to an activating group) is 6. The highest BCUT2D eigenvalue weighted by Gasteiger charge is 2.55. The Kier molecular flexibility index (Phi) is 30.5. The Bertz CT molecular complexity index is 3240. The van der Waals surface area contributed by atoms with Crippen molar-refractivity contribution < 1.29 is 93.4 Å². The first-order chi connectivity index (χ1) is 51.3. The molecule has 0 aromatic heterocycles. The number of carbonyl (C=O) groups is 12. The van der Waals surface area contributed by atoms with Gasteiger partial charge in [-0.05, 0) is 152 Å². The van der Waals surface area contributed by atoms with E-state index in [-0.39, 0.29) is 154 Å². The highest BCUT2D eigenvalue weighted by Crippen LogP contribution is 2.46. The first kappa shape index (κ1) is 88.0. The van der Waals surface area contributed by atoms with Gasteiger partial charge in [0.2, 0.25) is 70.9 Å². The molecule has 4 aliphatic heterocycles. The quantitative estimate of drug-likeness (QED) is 0.146. The molecule has 4 aliphatic carbocycles. The van der Waals surface area contributed by atoms with Crippen molar-refractivity contribution >= 4 is 82.5 Å². The van der Waals surface area contributed by atoms with Crippen LogP contribution in [0, 0.1) is 47.3 Å². The molecule has 8 fully saturated rings. The van der Waals surface area contributed by atoms with Crippen molar-refractivity contribution in [1.29, 1.82) is 0 Å². The number of carbonyl (C=O) groups excluding carboxylic acids is 12. The lowest BCUT2D eigenvalue weighted by Gasteiger charge is -2.47. The van der Waals surface area contributed by atoms with Crippen LogP contribution >= 0.6 is 11.6 Å². The fourth-order valence-corrected chi connectivity index (χ4v) is 18.4. The van der Waals surface area contributed by atoms with Gasteiger partial charge in [-0.15, -0.1) is 11.6 Å². The van der Waals surface area contributed by atoms with Crippen molar-refractivity contribution in [3.05, 3.63) is 0 Å². The second-order valence-electron chi connectivity index (χ2n) is 32.7. The summed E-state index contributed by atoms with van der Waals surface area (Å²) in [5.74, 6) is -14.7. The zero-order chi connectivity index (χ0) is 80.5. The Morgan fingerprint density at radius 3 is 1.83 bits per heavy atom. The van der Waals surface area contributed by atoms with Gasteiger partial charge in [0.25, 0.3) is 0 Å². The molecule has 8 rings (SSSR count). The van der Waals surface area contributed by atoms with Crippen molar-refractivity contribution in [2.75, 3.05) is 101 Å². The van der Waals surface area contributed by atoms with Gasteiger partial charge in [-0.2, -0.15) is 26.3 Å². The lowest BCUT2D eigenvalue weighted by molar-refractivity contribution is -0.184. The lowest BCUT2D eigenvalue weighted by Crippen LogP contribution is -2.68. The van der Waals surface area contributed by atoms with Crippen molar-refractivity contribution in [3.63, 3.8) is 0 Å². The van der Waals surface area contributed by atoms with Gasteiger partial charge in [0.05, 0.1) is 50.7 Å². The van der Waals surface area contributed by atoms with E-state index in [1.54, 1.807) is 27.7 Å². The van der Waals surface area contributed by atoms with Crippen molar-refractivity contribution in [2.24, 2.45) is 47.3 Å². The van der Waals surface area contributed by atoms with Crippen molar-refractivity contribution in [3.8, 4) is 0 Å². The molecule has 4 heterocycles. The molecule has 15 atom stereocenters. The standard InChI is InChI=1S/C76H119ClF6N12O14/c1-13-44(4)63-71(105)88(8)43-62(98)90(10)57-35-45(5)46(6)40-94(70(57)104)59(37-48-21-25-50(26-22-48)75(78,79)80)68(102)87(7)42-60(96)84-54(28-24-47-23-27-52(53(77)36-47)76(81,82)83)67(101)95-41-51(109-15-3)38-56(95)66(100)86-74(29-18-30-74)73(107)92(12)64(49-19-16-17-20-49)72(106)91(11)58(69(103)93-31-33-108-34-32-93)39-61(97)89(9)55(14-2)65(99)85-63/h44-59,63-64H,13-43H2,1-12H3,(H,84,96)(H,85,99)(H,86,100)/t44-,45+,46-,47?,48?,50?,51+,52?,53?,54-,55-,56-,57-,58-,59-,63-,64-/m0/s1. The fraction of sp³-hybridized carbons (Fsp3) is 0.842. The fourth-order valence-electron chi connectivity index (χ4n) is 17.8. The van der Waals surface area contributed by atoms with Crippen LogP contribution in [0.25, 0.3) is 0 Å². The number of fused-ring (bicyclic) bond motifs is 3. The Labute approximate surface area is 642 Å². The minimum Gasteiger partial charge on any atom is -0.378 e. The summed E-state index contributed by atoms with van der Waals surface area (Å²) in [4.78, 5) is 194. The number of alkyl halides is 7. The van der Waals surface area contributed by atoms with E-state index >= 15 is 28.8 Å². The summed E-state index contributed by atoms with van der Waals surface area (Å²) in [5.41, 5.74) is -1.64. The van der Waals surface area contributed by atoms with E-state index in [0.717, 1.165) is 14.7 Å². The van der Waals surface area contributed by atoms with Crippen LogP contribution in [-0.4, -0.2) is 294 Å². The van der Waals surface area contributed by atoms with Gasteiger partial charge < -0.3 is 69.5 Å². The highest BCUT2D eigenvalue weighted by molar-refractivity contribution is 6.21. The number of halogens is 7. The van der Waals surface area contributed by atoms with Crippen LogP contribution < -0.4 is 16.0 Å². The Balaban J connectivity index is 1.20. The summed E-state index contributed by atoms with van der Waals surface area (Å²) in [6.07, 6.45) is -7.97. The highest BCUT2D eigenvalue weighted by atomic mass is 35.5. The van der Waals surface area contributed by atoms with Crippen LogP contribution in [0.15, 0.2) is 0 Å². The molecule has 1 spiro atoms. The normalized spacial score (nSPS) is 33.1. The Morgan fingerprint density at radius 2 is 1.26 bits per heavy atom. The van der Waals surface area contributed by atoms with Gasteiger partial charge in [0, 0.05) is 86.9 Å². The molecule has 4 saturated heterocycles. The predicted molar refractivity (Wildman–Crippen MR) is 390 cm³/mol. The summed E-state index contributed by atoms with van der Waals surface area (Å²) < 4.78 is 96.7. The number of amides is 12. The van der Waals surface area contributed by atoms with E-state index in [2.05, 4.69) is 16.0 Å². The number of ether oxygens (including phenoxy) is 2. The van der Waals surface area contributed by atoms with E-state index in [0.29, 0.717) is 38.5 Å². The molecule has 33 heteroatoms. The minimum absolute atomic E-state index is 0.0135.